The van der Waals surface area contributed by atoms with Gasteiger partial charge in [0.05, 0.1) is 6.04 Å². The zero-order valence-corrected chi connectivity index (χ0v) is 16.1. The van der Waals surface area contributed by atoms with Gasteiger partial charge in [-0.15, -0.1) is 0 Å². The third-order valence-electron chi connectivity index (χ3n) is 4.00. The molecule has 0 aliphatic rings. The number of carbonyl (C=O) groups is 2. The topological polar surface area (TPSA) is 87.7 Å². The fourth-order valence-corrected chi connectivity index (χ4v) is 2.69. The van der Waals surface area contributed by atoms with Crippen molar-refractivity contribution in [1.82, 2.24) is 10.8 Å². The molecule has 2 aromatic carbocycles. The Morgan fingerprint density at radius 3 is 2.36 bits per heavy atom. The van der Waals surface area contributed by atoms with Gasteiger partial charge in [-0.1, -0.05) is 44.2 Å². The number of hydrogen-bond acceptors (Lipinski definition) is 4. The number of benzene rings is 2. The van der Waals surface area contributed by atoms with Crippen molar-refractivity contribution in [2.75, 3.05) is 6.61 Å². The molecule has 0 saturated heterocycles. The van der Waals surface area contributed by atoms with E-state index in [0.717, 1.165) is 12.0 Å². The van der Waals surface area contributed by atoms with Crippen LogP contribution >= 0.6 is 0 Å². The SMILES string of the molecule is CC(C)C[C@@H](COc1ccc(C(=O)NO)cc1)NC(=O)C=Cc1ccccc1. The van der Waals surface area contributed by atoms with Crippen LogP contribution in [0.3, 0.4) is 0 Å². The summed E-state index contributed by atoms with van der Waals surface area (Å²) >= 11 is 0. The van der Waals surface area contributed by atoms with Crippen molar-refractivity contribution >= 4 is 17.9 Å². The monoisotopic (exact) mass is 382 g/mol. The number of ether oxygens (including phenoxy) is 1. The van der Waals surface area contributed by atoms with E-state index in [1.54, 1.807) is 35.8 Å². The van der Waals surface area contributed by atoms with E-state index in [0.29, 0.717) is 23.8 Å². The molecule has 2 aromatic rings. The molecule has 6 nitrogen and oxygen atoms in total. The average Bonchev–Trinajstić information content (AvgIpc) is 2.70. The normalized spacial score (nSPS) is 12.0. The lowest BCUT2D eigenvalue weighted by Crippen LogP contribution is -2.39. The highest BCUT2D eigenvalue weighted by Gasteiger charge is 2.14. The van der Waals surface area contributed by atoms with Gasteiger partial charge in [0, 0.05) is 11.6 Å². The molecule has 0 fully saturated rings. The summed E-state index contributed by atoms with van der Waals surface area (Å²) < 4.78 is 5.77. The van der Waals surface area contributed by atoms with Gasteiger partial charge < -0.3 is 10.1 Å². The van der Waals surface area contributed by atoms with Crippen LogP contribution < -0.4 is 15.5 Å². The quantitative estimate of drug-likeness (QED) is 0.352. The first-order chi connectivity index (χ1) is 13.5. The van der Waals surface area contributed by atoms with Crippen molar-refractivity contribution in [3.8, 4) is 5.75 Å². The maximum atomic E-state index is 12.3. The van der Waals surface area contributed by atoms with Gasteiger partial charge >= 0.3 is 0 Å². The van der Waals surface area contributed by atoms with E-state index in [1.165, 1.54) is 6.08 Å². The highest BCUT2D eigenvalue weighted by molar-refractivity contribution is 5.93. The van der Waals surface area contributed by atoms with E-state index in [9.17, 15) is 9.59 Å². The van der Waals surface area contributed by atoms with Crippen molar-refractivity contribution in [3.05, 3.63) is 71.8 Å². The predicted molar refractivity (Wildman–Crippen MR) is 108 cm³/mol. The Labute approximate surface area is 165 Å². The van der Waals surface area contributed by atoms with Crippen LogP contribution in [0.15, 0.2) is 60.7 Å². The lowest BCUT2D eigenvalue weighted by Gasteiger charge is -2.20. The number of nitrogens with one attached hydrogen (secondary N) is 2. The van der Waals surface area contributed by atoms with E-state index < -0.39 is 5.91 Å². The summed E-state index contributed by atoms with van der Waals surface area (Å²) in [6.07, 6.45) is 4.06. The summed E-state index contributed by atoms with van der Waals surface area (Å²) in [6, 6.07) is 15.9. The Hall–Kier alpha value is -3.12. The molecular formula is C22H26N2O4. The molecule has 0 heterocycles. The smallest absolute Gasteiger partial charge is 0.274 e. The first-order valence-corrected chi connectivity index (χ1v) is 9.19. The first-order valence-electron chi connectivity index (χ1n) is 9.19. The second-order valence-electron chi connectivity index (χ2n) is 6.86. The molecule has 0 spiro atoms. The summed E-state index contributed by atoms with van der Waals surface area (Å²) in [7, 11) is 0. The molecule has 0 aliphatic carbocycles. The molecular weight excluding hydrogens is 356 g/mol. The number of carbonyl (C=O) groups excluding carboxylic acids is 2. The van der Waals surface area contributed by atoms with Crippen LogP contribution in [0.1, 0.15) is 36.2 Å². The Bertz CT molecular complexity index is 786. The number of hydroxylamine groups is 1. The largest absolute Gasteiger partial charge is 0.491 e. The van der Waals surface area contributed by atoms with Crippen LogP contribution in [0.2, 0.25) is 0 Å². The van der Waals surface area contributed by atoms with Crippen LogP contribution in [-0.4, -0.2) is 29.7 Å². The van der Waals surface area contributed by atoms with Crippen molar-refractivity contribution in [2.24, 2.45) is 5.92 Å². The fourth-order valence-electron chi connectivity index (χ4n) is 2.69. The van der Waals surface area contributed by atoms with Gasteiger partial charge in [-0.05, 0) is 48.2 Å². The molecule has 0 unspecified atom stereocenters. The molecule has 2 amide bonds. The minimum atomic E-state index is -0.582. The molecule has 28 heavy (non-hydrogen) atoms. The third-order valence-corrected chi connectivity index (χ3v) is 4.00. The summed E-state index contributed by atoms with van der Waals surface area (Å²) in [4.78, 5) is 23.6. The van der Waals surface area contributed by atoms with Crippen LogP contribution in [0, 0.1) is 5.92 Å². The van der Waals surface area contributed by atoms with Gasteiger partial charge in [-0.25, -0.2) is 5.48 Å². The summed E-state index contributed by atoms with van der Waals surface area (Å²) in [5.74, 6) is 0.217. The van der Waals surface area contributed by atoms with E-state index in [4.69, 9.17) is 9.94 Å². The van der Waals surface area contributed by atoms with Gasteiger partial charge in [0.15, 0.2) is 0 Å². The second-order valence-corrected chi connectivity index (χ2v) is 6.86. The molecule has 148 valence electrons. The van der Waals surface area contributed by atoms with E-state index in [2.05, 4.69) is 19.2 Å². The van der Waals surface area contributed by atoms with Crippen LogP contribution in [-0.2, 0) is 4.79 Å². The average molecular weight is 382 g/mol. The Morgan fingerprint density at radius 2 is 1.75 bits per heavy atom. The molecule has 0 bridgehead atoms. The van der Waals surface area contributed by atoms with Crippen LogP contribution in [0.25, 0.3) is 6.08 Å². The van der Waals surface area contributed by atoms with E-state index >= 15 is 0 Å². The minimum Gasteiger partial charge on any atom is -0.491 e. The van der Waals surface area contributed by atoms with Gasteiger partial charge in [0.2, 0.25) is 5.91 Å². The van der Waals surface area contributed by atoms with E-state index in [-0.39, 0.29) is 11.9 Å². The molecule has 3 N–H and O–H groups in total. The highest BCUT2D eigenvalue weighted by atomic mass is 16.5. The maximum Gasteiger partial charge on any atom is 0.274 e. The summed E-state index contributed by atoms with van der Waals surface area (Å²) in [6.45, 7) is 4.48. The Kier molecular flexibility index (Phi) is 8.24. The number of hydrogen-bond donors (Lipinski definition) is 3. The zero-order valence-electron chi connectivity index (χ0n) is 16.1. The van der Waals surface area contributed by atoms with Gasteiger partial charge in [-0.2, -0.15) is 0 Å². The molecule has 2 rings (SSSR count). The standard InChI is InChI=1S/C22H26N2O4/c1-16(2)14-19(23-21(25)13-8-17-6-4-3-5-7-17)15-28-20-11-9-18(10-12-20)22(26)24-27/h3-13,16,19,27H,14-15H2,1-2H3,(H,23,25)(H,24,26)/t19-/m0/s1. The zero-order chi connectivity index (χ0) is 20.4. The molecule has 0 aliphatic heterocycles. The minimum absolute atomic E-state index is 0.145. The first kappa shape index (κ1) is 21.2. The van der Waals surface area contributed by atoms with E-state index in [1.807, 2.05) is 30.3 Å². The van der Waals surface area contributed by atoms with Crippen molar-refractivity contribution < 1.29 is 19.5 Å². The highest BCUT2D eigenvalue weighted by Crippen LogP contribution is 2.14. The van der Waals surface area contributed by atoms with Crippen molar-refractivity contribution in [2.45, 2.75) is 26.3 Å². The second kappa shape index (κ2) is 10.9. The summed E-state index contributed by atoms with van der Waals surface area (Å²) in [5, 5.41) is 11.6. The van der Waals surface area contributed by atoms with Crippen LogP contribution in [0.5, 0.6) is 5.75 Å². The maximum absolute atomic E-state index is 12.3. The van der Waals surface area contributed by atoms with Crippen molar-refractivity contribution in [3.63, 3.8) is 0 Å². The fraction of sp³-hybridized carbons (Fsp3) is 0.273. The molecule has 0 radical (unpaired) electrons. The predicted octanol–water partition coefficient (Wildman–Crippen LogP) is 3.43. The van der Waals surface area contributed by atoms with Crippen molar-refractivity contribution in [1.29, 1.82) is 0 Å². The summed E-state index contributed by atoms with van der Waals surface area (Å²) in [5.41, 5.74) is 2.87. The molecule has 1 atom stereocenters. The Morgan fingerprint density at radius 1 is 1.07 bits per heavy atom. The van der Waals surface area contributed by atoms with Gasteiger partial charge in [0.1, 0.15) is 12.4 Å². The molecule has 0 saturated carbocycles. The van der Waals surface area contributed by atoms with Crippen LogP contribution in [0.4, 0.5) is 0 Å². The van der Waals surface area contributed by atoms with Gasteiger partial charge in [-0.3, -0.25) is 14.8 Å². The lowest BCUT2D eigenvalue weighted by molar-refractivity contribution is -0.117. The third kappa shape index (κ3) is 7.25. The number of amides is 2. The van der Waals surface area contributed by atoms with Gasteiger partial charge in [0.25, 0.3) is 5.91 Å². The molecule has 0 aromatic heterocycles. The lowest BCUT2D eigenvalue weighted by atomic mass is 10.0. The Balaban J connectivity index is 1.92. The molecule has 6 heteroatoms. The number of rotatable bonds is 9.